The van der Waals surface area contributed by atoms with E-state index in [-0.39, 0.29) is 5.41 Å². The fourth-order valence-electron chi connectivity index (χ4n) is 3.19. The lowest BCUT2D eigenvalue weighted by Gasteiger charge is -2.21. The van der Waals surface area contributed by atoms with Gasteiger partial charge < -0.3 is 4.74 Å². The van der Waals surface area contributed by atoms with Crippen LogP contribution in [0.4, 0.5) is 0 Å². The van der Waals surface area contributed by atoms with Crippen LogP contribution in [0.2, 0.25) is 0 Å². The number of nitriles is 1. The summed E-state index contributed by atoms with van der Waals surface area (Å²) in [5, 5.41) is 9.78. The normalized spacial score (nSPS) is 15.3. The van der Waals surface area contributed by atoms with Gasteiger partial charge in [-0.05, 0) is 54.2 Å². The lowest BCUT2D eigenvalue weighted by molar-refractivity contribution is 0.382. The average molecular weight is 342 g/mol. The summed E-state index contributed by atoms with van der Waals surface area (Å²) >= 11 is 3.50. The van der Waals surface area contributed by atoms with Crippen LogP contribution in [0, 0.1) is 16.7 Å². The number of fused-ring (bicyclic) bond motifs is 1. The number of rotatable bonds is 3. The third-order valence-corrected chi connectivity index (χ3v) is 4.68. The molecule has 0 bridgehead atoms. The quantitative estimate of drug-likeness (QED) is 0.833. The Balaban J connectivity index is 1.94. The summed E-state index contributed by atoms with van der Waals surface area (Å²) in [6, 6.07) is 16.9. The molecule has 0 heterocycles. The van der Waals surface area contributed by atoms with Gasteiger partial charge in [-0.25, -0.2) is 0 Å². The van der Waals surface area contributed by atoms with E-state index in [1.165, 1.54) is 11.1 Å². The van der Waals surface area contributed by atoms with Crippen molar-refractivity contribution in [1.82, 2.24) is 0 Å². The highest BCUT2D eigenvalue weighted by Gasteiger charge is 2.38. The van der Waals surface area contributed by atoms with Crippen molar-refractivity contribution in [3.05, 3.63) is 63.6 Å². The van der Waals surface area contributed by atoms with Crippen molar-refractivity contribution in [2.75, 3.05) is 7.11 Å². The van der Waals surface area contributed by atoms with Crippen molar-refractivity contribution in [2.45, 2.75) is 19.3 Å². The van der Waals surface area contributed by atoms with Gasteiger partial charge in [0.15, 0.2) is 0 Å². The van der Waals surface area contributed by atoms with Crippen LogP contribution in [0.15, 0.2) is 46.9 Å². The van der Waals surface area contributed by atoms with Crippen LogP contribution in [0.25, 0.3) is 0 Å². The molecule has 0 atom stereocenters. The standard InChI is InChI=1S/C18H16BrNO/c1-21-17-7-6-16(19)8-15(17)11-18(12-20)9-13-4-2-3-5-14(13)10-18/h2-8H,9-11H2,1H3. The van der Waals surface area contributed by atoms with E-state index >= 15 is 0 Å². The minimum Gasteiger partial charge on any atom is -0.496 e. The number of halogens is 1. The summed E-state index contributed by atoms with van der Waals surface area (Å²) in [5.74, 6) is 0.851. The van der Waals surface area contributed by atoms with Gasteiger partial charge >= 0.3 is 0 Å². The molecule has 2 nitrogen and oxygen atoms in total. The molecule has 0 unspecified atom stereocenters. The van der Waals surface area contributed by atoms with Gasteiger partial charge in [-0.2, -0.15) is 5.26 Å². The highest BCUT2D eigenvalue weighted by molar-refractivity contribution is 9.10. The van der Waals surface area contributed by atoms with Crippen molar-refractivity contribution in [3.8, 4) is 11.8 Å². The van der Waals surface area contributed by atoms with Gasteiger partial charge in [0, 0.05) is 4.47 Å². The largest absolute Gasteiger partial charge is 0.496 e. The Morgan fingerprint density at radius 2 is 1.86 bits per heavy atom. The molecule has 0 fully saturated rings. The van der Waals surface area contributed by atoms with Gasteiger partial charge in [0.25, 0.3) is 0 Å². The molecule has 0 radical (unpaired) electrons. The third kappa shape index (κ3) is 2.69. The van der Waals surface area contributed by atoms with E-state index in [4.69, 9.17) is 4.74 Å². The Labute approximate surface area is 133 Å². The van der Waals surface area contributed by atoms with E-state index in [0.29, 0.717) is 6.42 Å². The number of methoxy groups -OCH3 is 1. The monoisotopic (exact) mass is 341 g/mol. The minimum atomic E-state index is -0.363. The van der Waals surface area contributed by atoms with Crippen LogP contribution in [-0.4, -0.2) is 7.11 Å². The van der Waals surface area contributed by atoms with E-state index in [9.17, 15) is 5.26 Å². The molecule has 21 heavy (non-hydrogen) atoms. The Morgan fingerprint density at radius 3 is 2.43 bits per heavy atom. The molecule has 0 amide bonds. The minimum absolute atomic E-state index is 0.363. The molecule has 1 aliphatic rings. The summed E-state index contributed by atoms with van der Waals surface area (Å²) in [4.78, 5) is 0. The molecule has 3 rings (SSSR count). The summed E-state index contributed by atoms with van der Waals surface area (Å²) in [5.41, 5.74) is 3.32. The zero-order valence-corrected chi connectivity index (χ0v) is 13.5. The van der Waals surface area contributed by atoms with Crippen LogP contribution in [0.5, 0.6) is 5.75 Å². The Kier molecular flexibility index (Phi) is 3.73. The lowest BCUT2D eigenvalue weighted by Crippen LogP contribution is -2.22. The van der Waals surface area contributed by atoms with E-state index in [0.717, 1.165) is 28.6 Å². The summed E-state index contributed by atoms with van der Waals surface area (Å²) in [6.45, 7) is 0. The van der Waals surface area contributed by atoms with Crippen LogP contribution >= 0.6 is 15.9 Å². The van der Waals surface area contributed by atoms with Crippen molar-refractivity contribution in [1.29, 1.82) is 5.26 Å². The number of hydrogen-bond acceptors (Lipinski definition) is 2. The summed E-state index contributed by atoms with van der Waals surface area (Å²) < 4.78 is 6.46. The van der Waals surface area contributed by atoms with Gasteiger partial charge in [0.2, 0.25) is 0 Å². The average Bonchev–Trinajstić information content (AvgIpc) is 2.86. The molecule has 1 aliphatic carbocycles. The van der Waals surface area contributed by atoms with Crippen molar-refractivity contribution >= 4 is 15.9 Å². The van der Waals surface area contributed by atoms with Gasteiger partial charge in [-0.3, -0.25) is 0 Å². The molecule has 0 saturated carbocycles. The second-order valence-electron chi connectivity index (χ2n) is 5.65. The maximum absolute atomic E-state index is 9.78. The van der Waals surface area contributed by atoms with E-state index < -0.39 is 0 Å². The number of benzene rings is 2. The first kappa shape index (κ1) is 14.2. The molecule has 0 aliphatic heterocycles. The molecule has 106 valence electrons. The van der Waals surface area contributed by atoms with Gasteiger partial charge in [0.05, 0.1) is 18.6 Å². The molecule has 0 saturated heterocycles. The predicted octanol–water partition coefficient (Wildman–Crippen LogP) is 4.31. The van der Waals surface area contributed by atoms with E-state index in [2.05, 4.69) is 40.2 Å². The van der Waals surface area contributed by atoms with Crippen LogP contribution in [-0.2, 0) is 19.3 Å². The van der Waals surface area contributed by atoms with Crippen LogP contribution < -0.4 is 4.74 Å². The zero-order valence-electron chi connectivity index (χ0n) is 11.9. The Morgan fingerprint density at radius 1 is 1.19 bits per heavy atom. The molecule has 0 aromatic heterocycles. The van der Waals surface area contributed by atoms with Crippen molar-refractivity contribution in [2.24, 2.45) is 5.41 Å². The second-order valence-corrected chi connectivity index (χ2v) is 6.56. The van der Waals surface area contributed by atoms with Crippen molar-refractivity contribution in [3.63, 3.8) is 0 Å². The third-order valence-electron chi connectivity index (χ3n) is 4.18. The van der Waals surface area contributed by atoms with Gasteiger partial charge in [-0.1, -0.05) is 40.2 Å². The topological polar surface area (TPSA) is 33.0 Å². The highest BCUT2D eigenvalue weighted by atomic mass is 79.9. The number of nitrogens with zero attached hydrogens (tertiary/aromatic N) is 1. The van der Waals surface area contributed by atoms with Crippen LogP contribution in [0.3, 0.4) is 0 Å². The molecule has 0 N–H and O–H groups in total. The predicted molar refractivity (Wildman–Crippen MR) is 86.3 cm³/mol. The molecule has 2 aromatic carbocycles. The molecular weight excluding hydrogens is 326 g/mol. The van der Waals surface area contributed by atoms with E-state index in [1.807, 2.05) is 24.3 Å². The van der Waals surface area contributed by atoms with Crippen molar-refractivity contribution < 1.29 is 4.74 Å². The maximum atomic E-state index is 9.78. The number of ether oxygens (including phenoxy) is 1. The maximum Gasteiger partial charge on any atom is 0.122 e. The highest BCUT2D eigenvalue weighted by Crippen LogP contribution is 2.41. The van der Waals surface area contributed by atoms with Gasteiger partial charge in [0.1, 0.15) is 5.75 Å². The lowest BCUT2D eigenvalue weighted by atomic mass is 9.80. The molecule has 0 spiro atoms. The Bertz CT molecular complexity index is 692. The molecule has 2 aromatic rings. The fourth-order valence-corrected chi connectivity index (χ4v) is 3.60. The zero-order chi connectivity index (χ0) is 14.9. The summed E-state index contributed by atoms with van der Waals surface area (Å²) in [7, 11) is 1.68. The first-order chi connectivity index (χ1) is 10.2. The van der Waals surface area contributed by atoms with E-state index in [1.54, 1.807) is 7.11 Å². The van der Waals surface area contributed by atoms with Crippen LogP contribution in [0.1, 0.15) is 16.7 Å². The molecular formula is C18H16BrNO. The Hall–Kier alpha value is -1.79. The van der Waals surface area contributed by atoms with Gasteiger partial charge in [-0.15, -0.1) is 0 Å². The summed E-state index contributed by atoms with van der Waals surface area (Å²) in [6.07, 6.45) is 2.34. The molecule has 3 heteroatoms. The smallest absolute Gasteiger partial charge is 0.122 e. The number of hydrogen-bond donors (Lipinski definition) is 0. The SMILES string of the molecule is COc1ccc(Br)cc1CC1(C#N)Cc2ccccc2C1. The fraction of sp³-hybridized carbons (Fsp3) is 0.278. The first-order valence-corrected chi connectivity index (χ1v) is 7.75. The second kappa shape index (κ2) is 5.54. The first-order valence-electron chi connectivity index (χ1n) is 6.96.